The van der Waals surface area contributed by atoms with Crippen molar-refractivity contribution in [1.82, 2.24) is 10.2 Å². The quantitative estimate of drug-likeness (QED) is 0.658. The Labute approximate surface area is 104 Å². The lowest BCUT2D eigenvalue weighted by molar-refractivity contribution is -0.134. The summed E-state index contributed by atoms with van der Waals surface area (Å²) in [5.74, 6) is 0.890. The van der Waals surface area contributed by atoms with Crippen molar-refractivity contribution < 1.29 is 9.84 Å². The number of ether oxygens (including phenoxy) is 1. The van der Waals surface area contributed by atoms with E-state index >= 15 is 0 Å². The second-order valence-electron chi connectivity index (χ2n) is 5.86. The molecule has 0 amide bonds. The Hall–Kier alpha value is -0.160. The Morgan fingerprint density at radius 1 is 1.35 bits per heavy atom. The topological polar surface area (TPSA) is 44.7 Å². The second kappa shape index (κ2) is 6.14. The molecule has 0 atom stereocenters. The number of rotatable bonds is 6. The molecule has 0 aliphatic carbocycles. The summed E-state index contributed by atoms with van der Waals surface area (Å²) in [6, 6.07) is 0. The van der Waals surface area contributed by atoms with Crippen LogP contribution in [0.25, 0.3) is 0 Å². The van der Waals surface area contributed by atoms with Crippen LogP contribution in [0.4, 0.5) is 0 Å². The molecular weight excluding hydrogens is 216 g/mol. The molecule has 4 nitrogen and oxygen atoms in total. The number of aliphatic hydroxyl groups excluding tert-OH is 1. The molecule has 2 saturated heterocycles. The van der Waals surface area contributed by atoms with E-state index in [1.54, 1.807) is 0 Å². The standard InChI is InChI=1S/C13H26N2O2/c1-15-6-3-12(4-7-15)2-5-14-8-13(9-16)10-17-11-13/h12,14,16H,2-11H2,1H3. The first-order chi connectivity index (χ1) is 8.24. The van der Waals surface area contributed by atoms with Crippen LogP contribution in [0.15, 0.2) is 0 Å². The van der Waals surface area contributed by atoms with Crippen molar-refractivity contribution >= 4 is 0 Å². The summed E-state index contributed by atoms with van der Waals surface area (Å²) in [7, 11) is 2.20. The number of piperidine rings is 1. The van der Waals surface area contributed by atoms with Crippen molar-refractivity contribution in [3.63, 3.8) is 0 Å². The molecule has 0 unspecified atom stereocenters. The molecule has 2 heterocycles. The minimum atomic E-state index is 0.0206. The van der Waals surface area contributed by atoms with Crippen LogP contribution in [0.3, 0.4) is 0 Å². The van der Waals surface area contributed by atoms with Gasteiger partial charge in [-0.1, -0.05) is 0 Å². The van der Waals surface area contributed by atoms with Crippen molar-refractivity contribution in [3.05, 3.63) is 0 Å². The van der Waals surface area contributed by atoms with E-state index < -0.39 is 0 Å². The molecule has 100 valence electrons. The highest BCUT2D eigenvalue weighted by atomic mass is 16.5. The first-order valence-electron chi connectivity index (χ1n) is 6.82. The Morgan fingerprint density at radius 3 is 2.59 bits per heavy atom. The van der Waals surface area contributed by atoms with E-state index in [2.05, 4.69) is 17.3 Å². The summed E-state index contributed by atoms with van der Waals surface area (Å²) >= 11 is 0. The number of hydrogen-bond donors (Lipinski definition) is 2. The molecule has 2 aliphatic heterocycles. The molecule has 0 aromatic rings. The minimum Gasteiger partial charge on any atom is -0.396 e. The maximum absolute atomic E-state index is 9.29. The minimum absolute atomic E-state index is 0.0206. The van der Waals surface area contributed by atoms with Crippen LogP contribution in [0, 0.1) is 11.3 Å². The normalized spacial score (nSPS) is 25.8. The van der Waals surface area contributed by atoms with Gasteiger partial charge < -0.3 is 20.1 Å². The summed E-state index contributed by atoms with van der Waals surface area (Å²) in [5.41, 5.74) is 0.0206. The highest BCUT2D eigenvalue weighted by Crippen LogP contribution is 2.25. The molecule has 2 aliphatic rings. The Balaban J connectivity index is 1.54. The van der Waals surface area contributed by atoms with Crippen molar-refractivity contribution in [2.75, 3.05) is 53.0 Å². The molecule has 17 heavy (non-hydrogen) atoms. The molecule has 2 rings (SSSR count). The third-order valence-corrected chi connectivity index (χ3v) is 4.22. The van der Waals surface area contributed by atoms with Gasteiger partial charge in [-0.15, -0.1) is 0 Å². The summed E-state index contributed by atoms with van der Waals surface area (Å²) in [4.78, 5) is 2.41. The van der Waals surface area contributed by atoms with Crippen LogP contribution in [-0.2, 0) is 4.74 Å². The van der Waals surface area contributed by atoms with E-state index in [1.165, 1.54) is 32.4 Å². The molecule has 4 heteroatoms. The lowest BCUT2D eigenvalue weighted by atomic mass is 9.87. The van der Waals surface area contributed by atoms with Crippen molar-refractivity contribution in [2.24, 2.45) is 11.3 Å². The van der Waals surface area contributed by atoms with Gasteiger partial charge in [-0.3, -0.25) is 0 Å². The third-order valence-electron chi connectivity index (χ3n) is 4.22. The zero-order valence-electron chi connectivity index (χ0n) is 11.0. The van der Waals surface area contributed by atoms with Gasteiger partial charge in [0.25, 0.3) is 0 Å². The number of nitrogens with zero attached hydrogens (tertiary/aromatic N) is 1. The lowest BCUT2D eigenvalue weighted by Gasteiger charge is -2.40. The van der Waals surface area contributed by atoms with E-state index in [4.69, 9.17) is 4.74 Å². The molecule has 0 spiro atoms. The van der Waals surface area contributed by atoms with Gasteiger partial charge in [-0.2, -0.15) is 0 Å². The monoisotopic (exact) mass is 242 g/mol. The van der Waals surface area contributed by atoms with E-state index in [9.17, 15) is 5.11 Å². The molecule has 0 bridgehead atoms. The fourth-order valence-electron chi connectivity index (χ4n) is 2.65. The van der Waals surface area contributed by atoms with Crippen molar-refractivity contribution in [1.29, 1.82) is 0 Å². The van der Waals surface area contributed by atoms with E-state index in [1.807, 2.05) is 0 Å². The molecule has 2 N–H and O–H groups in total. The fourth-order valence-corrected chi connectivity index (χ4v) is 2.65. The molecule has 2 fully saturated rings. The Morgan fingerprint density at radius 2 is 2.06 bits per heavy atom. The van der Waals surface area contributed by atoms with Gasteiger partial charge in [0.1, 0.15) is 0 Å². The Bertz CT molecular complexity index is 218. The van der Waals surface area contributed by atoms with Gasteiger partial charge >= 0.3 is 0 Å². The highest BCUT2D eigenvalue weighted by molar-refractivity contribution is 4.87. The molecule has 0 aromatic heterocycles. The van der Waals surface area contributed by atoms with Gasteiger partial charge in [-0.25, -0.2) is 0 Å². The average Bonchev–Trinajstić information content (AvgIpc) is 2.30. The van der Waals surface area contributed by atoms with Crippen LogP contribution in [0.2, 0.25) is 0 Å². The van der Waals surface area contributed by atoms with Crippen molar-refractivity contribution in [2.45, 2.75) is 19.3 Å². The zero-order valence-corrected chi connectivity index (χ0v) is 11.0. The Kier molecular flexibility index (Phi) is 4.79. The van der Waals surface area contributed by atoms with Gasteiger partial charge in [0, 0.05) is 6.54 Å². The average molecular weight is 242 g/mol. The predicted molar refractivity (Wildman–Crippen MR) is 68.0 cm³/mol. The van der Waals surface area contributed by atoms with Crippen LogP contribution in [-0.4, -0.2) is 63.1 Å². The fraction of sp³-hybridized carbons (Fsp3) is 1.00. The van der Waals surface area contributed by atoms with Crippen LogP contribution < -0.4 is 5.32 Å². The molecule has 0 saturated carbocycles. The smallest absolute Gasteiger partial charge is 0.0579 e. The SMILES string of the molecule is CN1CCC(CCNCC2(CO)COC2)CC1. The zero-order chi connectivity index (χ0) is 12.1. The maximum Gasteiger partial charge on any atom is 0.0579 e. The first kappa shape index (κ1) is 13.3. The van der Waals surface area contributed by atoms with Crippen molar-refractivity contribution in [3.8, 4) is 0 Å². The summed E-state index contributed by atoms with van der Waals surface area (Å²) in [6.45, 7) is 6.15. The van der Waals surface area contributed by atoms with Gasteiger partial charge in [0.2, 0.25) is 0 Å². The van der Waals surface area contributed by atoms with Crippen LogP contribution >= 0.6 is 0 Å². The van der Waals surface area contributed by atoms with Crippen LogP contribution in [0.5, 0.6) is 0 Å². The summed E-state index contributed by atoms with van der Waals surface area (Å²) in [6.07, 6.45) is 3.95. The number of likely N-dealkylation sites (tertiary alicyclic amines) is 1. The first-order valence-corrected chi connectivity index (χ1v) is 6.82. The molecular formula is C13H26N2O2. The van der Waals surface area contributed by atoms with Gasteiger partial charge in [0.15, 0.2) is 0 Å². The highest BCUT2D eigenvalue weighted by Gasteiger charge is 2.37. The number of aliphatic hydroxyl groups is 1. The lowest BCUT2D eigenvalue weighted by Crippen LogP contribution is -2.52. The van der Waals surface area contributed by atoms with E-state index in [-0.39, 0.29) is 12.0 Å². The third kappa shape index (κ3) is 3.65. The van der Waals surface area contributed by atoms with E-state index in [0.29, 0.717) is 13.2 Å². The van der Waals surface area contributed by atoms with Crippen LogP contribution in [0.1, 0.15) is 19.3 Å². The second-order valence-corrected chi connectivity index (χ2v) is 5.86. The molecule has 0 radical (unpaired) electrons. The van der Waals surface area contributed by atoms with Gasteiger partial charge in [0.05, 0.1) is 25.2 Å². The summed E-state index contributed by atoms with van der Waals surface area (Å²) in [5, 5.41) is 12.8. The predicted octanol–water partition coefficient (Wildman–Crippen LogP) is 0.317. The maximum atomic E-state index is 9.29. The largest absolute Gasteiger partial charge is 0.396 e. The summed E-state index contributed by atoms with van der Waals surface area (Å²) < 4.78 is 5.18. The van der Waals surface area contributed by atoms with Gasteiger partial charge in [-0.05, 0) is 51.9 Å². The number of nitrogens with one attached hydrogen (secondary N) is 1. The molecule has 0 aromatic carbocycles. The van der Waals surface area contributed by atoms with E-state index in [0.717, 1.165) is 19.0 Å². The number of hydrogen-bond acceptors (Lipinski definition) is 4.